The summed E-state index contributed by atoms with van der Waals surface area (Å²) >= 11 is 0. The minimum Gasteiger partial charge on any atom is -0.480 e. The molecule has 0 unspecified atom stereocenters. The van der Waals surface area contributed by atoms with Crippen molar-refractivity contribution in [2.24, 2.45) is 5.92 Å². The number of benzene rings is 1. The van der Waals surface area contributed by atoms with Crippen LogP contribution in [0.25, 0.3) is 0 Å². The molecule has 3 rings (SSSR count). The van der Waals surface area contributed by atoms with E-state index < -0.39 is 5.97 Å². The van der Waals surface area contributed by atoms with Crippen molar-refractivity contribution >= 4 is 11.9 Å². The van der Waals surface area contributed by atoms with Crippen LogP contribution in [0, 0.1) is 5.92 Å². The Hall–Kier alpha value is -1.88. The van der Waals surface area contributed by atoms with Gasteiger partial charge in [0.2, 0.25) is 5.91 Å². The van der Waals surface area contributed by atoms with Crippen molar-refractivity contribution < 1.29 is 14.7 Å². The van der Waals surface area contributed by atoms with Gasteiger partial charge in [0.1, 0.15) is 0 Å². The molecule has 0 atom stereocenters. The molecule has 2 aliphatic carbocycles. The van der Waals surface area contributed by atoms with Gasteiger partial charge in [0.15, 0.2) is 0 Å². The van der Waals surface area contributed by atoms with Crippen LogP contribution in [0.4, 0.5) is 0 Å². The molecule has 5 nitrogen and oxygen atoms in total. The summed E-state index contributed by atoms with van der Waals surface area (Å²) in [7, 11) is 0. The zero-order valence-electron chi connectivity index (χ0n) is 14.9. The number of carbonyl (C=O) groups excluding carboxylic acids is 1. The maximum absolute atomic E-state index is 12.2. The van der Waals surface area contributed by atoms with Gasteiger partial charge >= 0.3 is 5.97 Å². The van der Waals surface area contributed by atoms with Crippen molar-refractivity contribution in [1.82, 2.24) is 10.2 Å². The average Bonchev–Trinajstić information content (AvgIpc) is 2.52. The Bertz CT molecular complexity index is 592. The molecule has 25 heavy (non-hydrogen) atoms. The molecule has 136 valence electrons. The highest BCUT2D eigenvalue weighted by atomic mass is 16.4. The normalized spacial score (nSPS) is 28.1. The Balaban J connectivity index is 1.33. The highest BCUT2D eigenvalue weighted by Crippen LogP contribution is 2.43. The van der Waals surface area contributed by atoms with E-state index in [-0.39, 0.29) is 24.5 Å². The molecular formula is C20H28N2O3. The van der Waals surface area contributed by atoms with E-state index in [0.29, 0.717) is 18.3 Å². The zero-order chi connectivity index (χ0) is 17.8. The summed E-state index contributed by atoms with van der Waals surface area (Å²) in [6, 6.07) is 11.0. The van der Waals surface area contributed by atoms with Crippen LogP contribution in [0.15, 0.2) is 30.3 Å². The summed E-state index contributed by atoms with van der Waals surface area (Å²) in [6.45, 7) is 2.81. The van der Waals surface area contributed by atoms with E-state index in [1.54, 1.807) is 0 Å². The van der Waals surface area contributed by atoms with Crippen LogP contribution in [0.1, 0.15) is 50.5 Å². The van der Waals surface area contributed by atoms with E-state index in [9.17, 15) is 9.59 Å². The first-order valence-electron chi connectivity index (χ1n) is 9.35. The average molecular weight is 344 g/mol. The number of carbonyl (C=O) groups is 2. The first kappa shape index (κ1) is 17.9. The standard InChI is InChI=1S/C20H28N2O3/c1-2-22(13-20(24)25)18-11-17(12-18)21-19(23)10-14-8-16(9-14)15-6-4-3-5-7-15/h3-7,14,16-18H,2,8-13H2,1H3,(H,21,23)(H,24,25). The monoisotopic (exact) mass is 344 g/mol. The predicted octanol–water partition coefficient (Wildman–Crippen LogP) is 2.62. The third-order valence-corrected chi connectivity index (χ3v) is 5.72. The second kappa shape index (κ2) is 8.00. The minimum absolute atomic E-state index is 0.0881. The van der Waals surface area contributed by atoms with E-state index in [1.807, 2.05) is 17.9 Å². The number of nitrogens with zero attached hydrogens (tertiary/aromatic N) is 1. The van der Waals surface area contributed by atoms with Crippen molar-refractivity contribution in [2.75, 3.05) is 13.1 Å². The maximum Gasteiger partial charge on any atom is 0.317 e. The van der Waals surface area contributed by atoms with Gasteiger partial charge in [0.05, 0.1) is 6.54 Å². The molecule has 0 heterocycles. The first-order chi connectivity index (χ1) is 12.0. The van der Waals surface area contributed by atoms with Crippen LogP contribution in [0.5, 0.6) is 0 Å². The zero-order valence-corrected chi connectivity index (χ0v) is 14.9. The maximum atomic E-state index is 12.2. The van der Waals surface area contributed by atoms with Gasteiger partial charge in [-0.3, -0.25) is 14.5 Å². The number of aliphatic carboxylic acids is 1. The SMILES string of the molecule is CCN(CC(=O)O)C1CC(NC(=O)CC2CC(c3ccccc3)C2)C1. The topological polar surface area (TPSA) is 69.6 Å². The van der Waals surface area contributed by atoms with Crippen molar-refractivity contribution in [3.63, 3.8) is 0 Å². The van der Waals surface area contributed by atoms with E-state index in [4.69, 9.17) is 5.11 Å². The molecule has 0 bridgehead atoms. The Morgan fingerprint density at radius 1 is 1.16 bits per heavy atom. The number of carboxylic acid groups (broad SMARTS) is 1. The van der Waals surface area contributed by atoms with E-state index in [2.05, 4.69) is 29.6 Å². The summed E-state index contributed by atoms with van der Waals surface area (Å²) < 4.78 is 0. The molecule has 0 spiro atoms. The quantitative estimate of drug-likeness (QED) is 0.761. The lowest BCUT2D eigenvalue weighted by molar-refractivity contribution is -0.140. The molecule has 1 aromatic carbocycles. The highest BCUT2D eigenvalue weighted by molar-refractivity contribution is 5.76. The second-order valence-electron chi connectivity index (χ2n) is 7.50. The molecule has 2 fully saturated rings. The Kier molecular flexibility index (Phi) is 5.74. The van der Waals surface area contributed by atoms with Crippen molar-refractivity contribution in [1.29, 1.82) is 0 Å². The molecule has 0 saturated heterocycles. The molecule has 5 heteroatoms. The predicted molar refractivity (Wildman–Crippen MR) is 96.4 cm³/mol. The molecule has 1 amide bonds. The van der Waals surface area contributed by atoms with Crippen molar-refractivity contribution in [2.45, 2.75) is 57.0 Å². The molecule has 2 aliphatic rings. The number of hydrogen-bond donors (Lipinski definition) is 2. The summed E-state index contributed by atoms with van der Waals surface area (Å²) in [5.74, 6) is 0.481. The van der Waals surface area contributed by atoms with Gasteiger partial charge in [-0.2, -0.15) is 0 Å². The molecule has 1 aromatic rings. The summed E-state index contributed by atoms with van der Waals surface area (Å²) in [5.41, 5.74) is 1.39. The Labute approximate surface area is 149 Å². The van der Waals surface area contributed by atoms with Crippen LogP contribution in [-0.2, 0) is 9.59 Å². The van der Waals surface area contributed by atoms with Gasteiger partial charge in [-0.15, -0.1) is 0 Å². The van der Waals surface area contributed by atoms with Gasteiger partial charge in [-0.25, -0.2) is 0 Å². The first-order valence-corrected chi connectivity index (χ1v) is 9.35. The van der Waals surface area contributed by atoms with Gasteiger partial charge in [-0.1, -0.05) is 37.3 Å². The number of amides is 1. The largest absolute Gasteiger partial charge is 0.480 e. The van der Waals surface area contributed by atoms with Crippen molar-refractivity contribution in [3.8, 4) is 0 Å². The lowest BCUT2D eigenvalue weighted by Gasteiger charge is -2.42. The summed E-state index contributed by atoms with van der Waals surface area (Å²) in [6.07, 6.45) is 4.56. The fraction of sp³-hybridized carbons (Fsp3) is 0.600. The molecular weight excluding hydrogens is 316 g/mol. The Morgan fingerprint density at radius 3 is 2.44 bits per heavy atom. The number of hydrogen-bond acceptors (Lipinski definition) is 3. The number of nitrogens with one attached hydrogen (secondary N) is 1. The third kappa shape index (κ3) is 4.60. The molecule has 0 radical (unpaired) electrons. The molecule has 0 aliphatic heterocycles. The van der Waals surface area contributed by atoms with Gasteiger partial charge in [0.25, 0.3) is 0 Å². The number of rotatable bonds is 8. The highest BCUT2D eigenvalue weighted by Gasteiger charge is 2.36. The number of carboxylic acids is 1. The fourth-order valence-corrected chi connectivity index (χ4v) is 4.13. The smallest absolute Gasteiger partial charge is 0.317 e. The molecule has 0 aromatic heterocycles. The summed E-state index contributed by atoms with van der Waals surface area (Å²) in [4.78, 5) is 25.0. The van der Waals surface area contributed by atoms with Crippen LogP contribution >= 0.6 is 0 Å². The van der Waals surface area contributed by atoms with Crippen molar-refractivity contribution in [3.05, 3.63) is 35.9 Å². The van der Waals surface area contributed by atoms with E-state index in [0.717, 1.165) is 32.2 Å². The van der Waals surface area contributed by atoms with Crippen LogP contribution in [0.2, 0.25) is 0 Å². The molecule has 2 N–H and O–H groups in total. The number of likely N-dealkylation sites (N-methyl/N-ethyl adjacent to an activating group) is 1. The summed E-state index contributed by atoms with van der Waals surface area (Å²) in [5, 5.41) is 12.0. The van der Waals surface area contributed by atoms with Gasteiger partial charge in [0, 0.05) is 18.5 Å². The van der Waals surface area contributed by atoms with Gasteiger partial charge in [-0.05, 0) is 49.6 Å². The van der Waals surface area contributed by atoms with Crippen LogP contribution < -0.4 is 5.32 Å². The fourth-order valence-electron chi connectivity index (χ4n) is 4.13. The van der Waals surface area contributed by atoms with Gasteiger partial charge < -0.3 is 10.4 Å². The van der Waals surface area contributed by atoms with Crippen LogP contribution in [0.3, 0.4) is 0 Å². The van der Waals surface area contributed by atoms with Crippen LogP contribution in [-0.4, -0.2) is 47.1 Å². The second-order valence-corrected chi connectivity index (χ2v) is 7.50. The van der Waals surface area contributed by atoms with E-state index in [1.165, 1.54) is 5.56 Å². The third-order valence-electron chi connectivity index (χ3n) is 5.72. The lowest BCUT2D eigenvalue weighted by atomic mass is 9.70. The lowest BCUT2D eigenvalue weighted by Crippen LogP contribution is -2.55. The molecule has 2 saturated carbocycles. The minimum atomic E-state index is -0.785. The van der Waals surface area contributed by atoms with E-state index >= 15 is 0 Å². The Morgan fingerprint density at radius 2 is 1.84 bits per heavy atom.